The van der Waals surface area contributed by atoms with E-state index in [4.69, 9.17) is 22.1 Å². The fourth-order valence-electron chi connectivity index (χ4n) is 1.18. The number of benzene rings is 1. The van der Waals surface area contributed by atoms with Gasteiger partial charge in [-0.1, -0.05) is 11.6 Å². The van der Waals surface area contributed by atoms with Crippen LogP contribution in [0.2, 0.25) is 5.02 Å². The van der Waals surface area contributed by atoms with Gasteiger partial charge in [0.15, 0.2) is 0 Å². The summed E-state index contributed by atoms with van der Waals surface area (Å²) < 4.78 is 6.60. The molecule has 0 aromatic heterocycles. The maximum Gasteiger partial charge on any atom is 0.0663 e. The van der Waals surface area contributed by atoms with Crippen molar-refractivity contribution in [2.75, 3.05) is 6.61 Å². The highest BCUT2D eigenvalue weighted by atomic mass is 127. The molecule has 0 fully saturated rings. The second kappa shape index (κ2) is 6.03. The molecule has 15 heavy (non-hydrogen) atoms. The number of ether oxygens (including phenoxy) is 1. The molecule has 0 aliphatic heterocycles. The molecule has 0 radical (unpaired) electrons. The molecule has 1 atom stereocenters. The second-order valence-electron chi connectivity index (χ2n) is 3.65. The van der Waals surface area contributed by atoms with Gasteiger partial charge in [0.1, 0.15) is 0 Å². The molecule has 0 aliphatic rings. The summed E-state index contributed by atoms with van der Waals surface area (Å²) in [6.07, 6.45) is 0.202. The SMILES string of the molecule is CC(C)OCC(N)c1cc(Cl)ccc1I. The van der Waals surface area contributed by atoms with Crippen molar-refractivity contribution in [1.29, 1.82) is 0 Å². The van der Waals surface area contributed by atoms with Crippen molar-refractivity contribution < 1.29 is 4.74 Å². The van der Waals surface area contributed by atoms with Crippen LogP contribution >= 0.6 is 34.2 Å². The van der Waals surface area contributed by atoms with Crippen molar-refractivity contribution in [1.82, 2.24) is 0 Å². The first-order valence-electron chi connectivity index (χ1n) is 4.83. The van der Waals surface area contributed by atoms with Crippen molar-refractivity contribution in [3.05, 3.63) is 32.4 Å². The van der Waals surface area contributed by atoms with Gasteiger partial charge >= 0.3 is 0 Å². The van der Waals surface area contributed by atoms with Crippen LogP contribution in [0.15, 0.2) is 18.2 Å². The zero-order valence-electron chi connectivity index (χ0n) is 8.84. The van der Waals surface area contributed by atoms with Crippen LogP contribution in [-0.4, -0.2) is 12.7 Å². The molecule has 0 amide bonds. The second-order valence-corrected chi connectivity index (χ2v) is 5.25. The van der Waals surface area contributed by atoms with E-state index in [9.17, 15) is 0 Å². The predicted octanol–water partition coefficient (Wildman–Crippen LogP) is 3.37. The largest absolute Gasteiger partial charge is 0.377 e. The fraction of sp³-hybridized carbons (Fsp3) is 0.455. The standard InChI is InChI=1S/C11H15ClINO/c1-7(2)15-6-11(14)9-5-8(12)3-4-10(9)13/h3-5,7,11H,6,14H2,1-2H3. The van der Waals surface area contributed by atoms with Gasteiger partial charge in [-0.15, -0.1) is 0 Å². The minimum atomic E-state index is -0.113. The average Bonchev–Trinajstić information content (AvgIpc) is 2.18. The van der Waals surface area contributed by atoms with Crippen LogP contribution in [0.3, 0.4) is 0 Å². The van der Waals surface area contributed by atoms with E-state index in [-0.39, 0.29) is 12.1 Å². The molecule has 84 valence electrons. The van der Waals surface area contributed by atoms with Gasteiger partial charge in [-0.25, -0.2) is 0 Å². The fourth-order valence-corrected chi connectivity index (χ4v) is 2.10. The zero-order chi connectivity index (χ0) is 11.4. The lowest BCUT2D eigenvalue weighted by Crippen LogP contribution is -2.20. The Balaban J connectivity index is 2.72. The lowest BCUT2D eigenvalue weighted by molar-refractivity contribution is 0.0682. The molecular weight excluding hydrogens is 324 g/mol. The third kappa shape index (κ3) is 4.26. The summed E-state index contributed by atoms with van der Waals surface area (Å²) in [4.78, 5) is 0. The summed E-state index contributed by atoms with van der Waals surface area (Å²) in [5, 5.41) is 0.713. The normalized spacial score (nSPS) is 13.2. The lowest BCUT2D eigenvalue weighted by atomic mass is 10.1. The minimum absolute atomic E-state index is 0.113. The lowest BCUT2D eigenvalue weighted by Gasteiger charge is -2.16. The van der Waals surface area contributed by atoms with Gasteiger partial charge in [0.25, 0.3) is 0 Å². The van der Waals surface area contributed by atoms with Crippen LogP contribution < -0.4 is 5.73 Å². The molecule has 0 saturated heterocycles. The minimum Gasteiger partial charge on any atom is -0.377 e. The van der Waals surface area contributed by atoms with Crippen LogP contribution in [0.4, 0.5) is 0 Å². The maximum absolute atomic E-state index is 6.02. The van der Waals surface area contributed by atoms with E-state index in [2.05, 4.69) is 22.6 Å². The summed E-state index contributed by atoms with van der Waals surface area (Å²) >= 11 is 8.18. The highest BCUT2D eigenvalue weighted by Gasteiger charge is 2.11. The van der Waals surface area contributed by atoms with E-state index < -0.39 is 0 Å². The molecule has 1 aromatic carbocycles. The summed E-state index contributed by atoms with van der Waals surface area (Å²) in [5.41, 5.74) is 7.07. The number of halogens is 2. The van der Waals surface area contributed by atoms with Gasteiger partial charge in [0.2, 0.25) is 0 Å². The van der Waals surface area contributed by atoms with Crippen LogP contribution in [-0.2, 0) is 4.74 Å². The van der Waals surface area contributed by atoms with E-state index in [1.165, 1.54) is 0 Å². The third-order valence-corrected chi connectivity index (χ3v) is 3.18. The van der Waals surface area contributed by atoms with Gasteiger partial charge < -0.3 is 10.5 Å². The van der Waals surface area contributed by atoms with Crippen molar-refractivity contribution >= 4 is 34.2 Å². The van der Waals surface area contributed by atoms with Gasteiger partial charge in [0, 0.05) is 8.59 Å². The van der Waals surface area contributed by atoms with Gasteiger partial charge in [-0.3, -0.25) is 0 Å². The first kappa shape index (κ1) is 13.2. The number of hydrogen-bond donors (Lipinski definition) is 1. The Hall–Kier alpha value is 0.160. The van der Waals surface area contributed by atoms with Crippen molar-refractivity contribution in [3.63, 3.8) is 0 Å². The predicted molar refractivity (Wildman–Crippen MR) is 72.2 cm³/mol. The summed E-state index contributed by atoms with van der Waals surface area (Å²) in [7, 11) is 0. The Kier molecular flexibility index (Phi) is 5.32. The maximum atomic E-state index is 6.02. The molecule has 0 spiro atoms. The Morgan fingerprint density at radius 2 is 2.13 bits per heavy atom. The number of hydrogen-bond acceptors (Lipinski definition) is 2. The van der Waals surface area contributed by atoms with Crippen molar-refractivity contribution in [3.8, 4) is 0 Å². The van der Waals surface area contributed by atoms with Crippen LogP contribution in [0.1, 0.15) is 25.5 Å². The van der Waals surface area contributed by atoms with Gasteiger partial charge in [-0.2, -0.15) is 0 Å². The summed E-state index contributed by atoms with van der Waals surface area (Å²) in [5.74, 6) is 0. The summed E-state index contributed by atoms with van der Waals surface area (Å²) in [6.45, 7) is 4.51. The Morgan fingerprint density at radius 1 is 1.47 bits per heavy atom. The van der Waals surface area contributed by atoms with Gasteiger partial charge in [0.05, 0.1) is 18.8 Å². The molecular formula is C11H15ClINO. The van der Waals surface area contributed by atoms with Crippen molar-refractivity contribution in [2.45, 2.75) is 26.0 Å². The van der Waals surface area contributed by atoms with E-state index in [0.29, 0.717) is 11.6 Å². The molecule has 1 rings (SSSR count). The Bertz CT molecular complexity index is 330. The monoisotopic (exact) mass is 339 g/mol. The van der Waals surface area contributed by atoms with Gasteiger partial charge in [-0.05, 0) is 60.2 Å². The van der Waals surface area contributed by atoms with E-state index in [0.717, 1.165) is 9.13 Å². The molecule has 0 saturated carbocycles. The molecule has 0 bridgehead atoms. The Morgan fingerprint density at radius 3 is 2.73 bits per heavy atom. The van der Waals surface area contributed by atoms with Crippen LogP contribution in [0, 0.1) is 3.57 Å². The molecule has 1 aromatic rings. The molecule has 0 heterocycles. The average molecular weight is 340 g/mol. The molecule has 0 aliphatic carbocycles. The Labute approximate surface area is 109 Å². The first-order valence-corrected chi connectivity index (χ1v) is 6.28. The molecule has 4 heteroatoms. The van der Waals surface area contributed by atoms with E-state index in [1.807, 2.05) is 32.0 Å². The topological polar surface area (TPSA) is 35.2 Å². The molecule has 1 unspecified atom stereocenters. The summed E-state index contributed by atoms with van der Waals surface area (Å²) in [6, 6.07) is 5.62. The number of rotatable bonds is 4. The first-order chi connectivity index (χ1) is 7.00. The van der Waals surface area contributed by atoms with Crippen LogP contribution in [0.25, 0.3) is 0 Å². The number of nitrogens with two attached hydrogens (primary N) is 1. The zero-order valence-corrected chi connectivity index (χ0v) is 11.7. The van der Waals surface area contributed by atoms with E-state index in [1.54, 1.807) is 0 Å². The molecule has 2 N–H and O–H groups in total. The van der Waals surface area contributed by atoms with E-state index >= 15 is 0 Å². The molecule has 2 nitrogen and oxygen atoms in total. The highest BCUT2D eigenvalue weighted by Crippen LogP contribution is 2.23. The highest BCUT2D eigenvalue weighted by molar-refractivity contribution is 14.1. The van der Waals surface area contributed by atoms with Crippen molar-refractivity contribution in [2.24, 2.45) is 5.73 Å². The quantitative estimate of drug-likeness (QED) is 0.854. The third-order valence-electron chi connectivity index (χ3n) is 1.97. The van der Waals surface area contributed by atoms with Crippen LogP contribution in [0.5, 0.6) is 0 Å². The smallest absolute Gasteiger partial charge is 0.0663 e.